The van der Waals surface area contributed by atoms with Gasteiger partial charge in [-0.05, 0) is 24.6 Å². The number of imide groups is 1. The smallest absolute Gasteiger partial charge is 0.262 e. The van der Waals surface area contributed by atoms with Gasteiger partial charge in [-0.3, -0.25) is 14.5 Å². The molecule has 4 aromatic rings. The van der Waals surface area contributed by atoms with Gasteiger partial charge in [-0.2, -0.15) is 0 Å². The summed E-state index contributed by atoms with van der Waals surface area (Å²) in [7, 11) is 0. The number of amides is 2. The van der Waals surface area contributed by atoms with Gasteiger partial charge in [0.1, 0.15) is 10.9 Å². The lowest BCUT2D eigenvalue weighted by atomic mass is 10.1. The third-order valence-electron chi connectivity index (χ3n) is 5.14. The van der Waals surface area contributed by atoms with E-state index in [0.29, 0.717) is 22.3 Å². The number of rotatable bonds is 4. The first-order valence-corrected chi connectivity index (χ1v) is 9.90. The number of hydrogen-bond donors (Lipinski definition) is 1. The molecule has 0 radical (unpaired) electrons. The van der Waals surface area contributed by atoms with Crippen LogP contribution in [0.2, 0.25) is 0 Å². The summed E-state index contributed by atoms with van der Waals surface area (Å²) in [5.41, 5.74) is 3.13. The highest BCUT2D eigenvalue weighted by atomic mass is 32.1. The molecule has 0 fully saturated rings. The third kappa shape index (κ3) is 2.56. The molecular formula is C21H17N5O2S. The summed E-state index contributed by atoms with van der Waals surface area (Å²) < 4.78 is 2.09. The molecule has 0 spiro atoms. The number of carbonyl (C=O) groups excluding carboxylic acids is 2. The van der Waals surface area contributed by atoms with Crippen molar-refractivity contribution in [2.45, 2.75) is 25.3 Å². The van der Waals surface area contributed by atoms with Gasteiger partial charge in [0.05, 0.1) is 16.6 Å². The number of aromatic nitrogens is 4. The Kier molecular flexibility index (Phi) is 4.09. The number of fused-ring (bicyclic) bond motifs is 4. The average molecular weight is 403 g/mol. The van der Waals surface area contributed by atoms with E-state index in [4.69, 9.17) is 0 Å². The highest BCUT2D eigenvalue weighted by Crippen LogP contribution is 2.33. The molecule has 29 heavy (non-hydrogen) atoms. The first-order valence-electron chi connectivity index (χ1n) is 9.38. The Labute approximate surface area is 171 Å². The molecule has 1 aliphatic rings. The maximum Gasteiger partial charge on any atom is 0.262 e. The fraction of sp³-hybridized carbons (Fsp3) is 0.190. The van der Waals surface area contributed by atoms with E-state index >= 15 is 0 Å². The van der Waals surface area contributed by atoms with Gasteiger partial charge in [0.15, 0.2) is 11.5 Å². The molecule has 7 nitrogen and oxygen atoms in total. The van der Waals surface area contributed by atoms with Gasteiger partial charge in [-0.25, -0.2) is 4.98 Å². The molecule has 0 aliphatic carbocycles. The molecule has 144 valence electrons. The molecule has 3 heterocycles. The molecule has 0 saturated carbocycles. The highest BCUT2D eigenvalue weighted by Gasteiger charge is 2.40. The summed E-state index contributed by atoms with van der Waals surface area (Å²) in [5.74, 6) is -0.581. The van der Waals surface area contributed by atoms with E-state index < -0.39 is 17.2 Å². The monoisotopic (exact) mass is 403 g/mol. The van der Waals surface area contributed by atoms with Crippen molar-refractivity contribution in [1.82, 2.24) is 24.6 Å². The highest BCUT2D eigenvalue weighted by molar-refractivity contribution is 7.80. The minimum absolute atomic E-state index is 0.218. The SMILES string of the molecule is CCCn1c2ccccc2c2nnc(C(S)N3C(=O)c4ccccc4C3=O)nc21. The normalized spacial score (nSPS) is 14.8. The van der Waals surface area contributed by atoms with Crippen molar-refractivity contribution in [3.05, 3.63) is 65.5 Å². The van der Waals surface area contributed by atoms with Gasteiger partial charge >= 0.3 is 0 Å². The second kappa shape index (κ2) is 6.66. The molecule has 2 aromatic carbocycles. The second-order valence-electron chi connectivity index (χ2n) is 6.91. The van der Waals surface area contributed by atoms with Crippen LogP contribution in [-0.2, 0) is 6.54 Å². The lowest BCUT2D eigenvalue weighted by Crippen LogP contribution is -2.32. The zero-order valence-corrected chi connectivity index (χ0v) is 16.5. The Morgan fingerprint density at radius 2 is 1.62 bits per heavy atom. The maximum atomic E-state index is 12.8. The van der Waals surface area contributed by atoms with Gasteiger partial charge < -0.3 is 4.57 Å². The fourth-order valence-electron chi connectivity index (χ4n) is 3.82. The molecule has 5 rings (SSSR count). The number of aryl methyl sites for hydroxylation is 1. The summed E-state index contributed by atoms with van der Waals surface area (Å²) >= 11 is 4.52. The summed E-state index contributed by atoms with van der Waals surface area (Å²) in [6.07, 6.45) is 0.926. The molecular weight excluding hydrogens is 386 g/mol. The number of thiol groups is 1. The van der Waals surface area contributed by atoms with E-state index in [1.807, 2.05) is 24.3 Å². The van der Waals surface area contributed by atoms with Crippen molar-refractivity contribution >= 4 is 46.5 Å². The molecule has 1 unspecified atom stereocenters. The largest absolute Gasteiger partial charge is 0.324 e. The van der Waals surface area contributed by atoms with Crippen LogP contribution in [0.4, 0.5) is 0 Å². The van der Waals surface area contributed by atoms with Gasteiger partial charge in [0.25, 0.3) is 11.8 Å². The Morgan fingerprint density at radius 1 is 0.966 bits per heavy atom. The molecule has 1 aliphatic heterocycles. The maximum absolute atomic E-state index is 12.8. The van der Waals surface area contributed by atoms with E-state index in [1.54, 1.807) is 24.3 Å². The first kappa shape index (κ1) is 17.8. The molecule has 1 atom stereocenters. The van der Waals surface area contributed by atoms with Gasteiger partial charge in [0, 0.05) is 11.9 Å². The van der Waals surface area contributed by atoms with E-state index in [9.17, 15) is 9.59 Å². The van der Waals surface area contributed by atoms with Crippen LogP contribution in [0.25, 0.3) is 22.1 Å². The van der Waals surface area contributed by atoms with Gasteiger partial charge in [-0.15, -0.1) is 22.8 Å². The van der Waals surface area contributed by atoms with Crippen molar-refractivity contribution in [3.63, 3.8) is 0 Å². The van der Waals surface area contributed by atoms with E-state index in [0.717, 1.165) is 28.8 Å². The molecule has 0 bridgehead atoms. The van der Waals surface area contributed by atoms with Crippen LogP contribution in [0.1, 0.15) is 45.3 Å². The summed E-state index contributed by atoms with van der Waals surface area (Å²) in [6.45, 7) is 2.86. The third-order valence-corrected chi connectivity index (χ3v) is 5.60. The minimum Gasteiger partial charge on any atom is -0.324 e. The number of benzene rings is 2. The molecule has 2 amide bonds. The predicted molar refractivity (Wildman–Crippen MR) is 112 cm³/mol. The lowest BCUT2D eigenvalue weighted by molar-refractivity contribution is 0.0633. The Bertz CT molecular complexity index is 1260. The Hall–Kier alpha value is -3.26. The van der Waals surface area contributed by atoms with Gasteiger partial charge in [-0.1, -0.05) is 37.3 Å². The van der Waals surface area contributed by atoms with Crippen LogP contribution >= 0.6 is 12.6 Å². The topological polar surface area (TPSA) is 81.0 Å². The van der Waals surface area contributed by atoms with Crippen molar-refractivity contribution < 1.29 is 9.59 Å². The molecule has 0 saturated heterocycles. The van der Waals surface area contributed by atoms with Crippen LogP contribution < -0.4 is 0 Å². The fourth-order valence-corrected chi connectivity index (χ4v) is 4.14. The van der Waals surface area contributed by atoms with Crippen LogP contribution in [0.5, 0.6) is 0 Å². The Balaban J connectivity index is 1.63. The molecule has 8 heteroatoms. The zero-order chi connectivity index (χ0) is 20.1. The summed E-state index contributed by atoms with van der Waals surface area (Å²) in [5, 5.41) is 8.63. The quantitative estimate of drug-likeness (QED) is 0.416. The predicted octanol–water partition coefficient (Wildman–Crippen LogP) is 3.61. The lowest BCUT2D eigenvalue weighted by Gasteiger charge is -2.19. The van der Waals surface area contributed by atoms with E-state index in [2.05, 4.69) is 39.3 Å². The molecule has 0 N–H and O–H groups in total. The minimum atomic E-state index is -0.924. The second-order valence-corrected chi connectivity index (χ2v) is 7.40. The summed E-state index contributed by atoms with van der Waals surface area (Å²) in [6, 6.07) is 14.7. The summed E-state index contributed by atoms with van der Waals surface area (Å²) in [4.78, 5) is 31.3. The van der Waals surface area contributed by atoms with E-state index in [-0.39, 0.29) is 5.82 Å². The van der Waals surface area contributed by atoms with Crippen molar-refractivity contribution in [3.8, 4) is 0 Å². The van der Waals surface area contributed by atoms with E-state index in [1.165, 1.54) is 0 Å². The van der Waals surface area contributed by atoms with Crippen LogP contribution in [0, 0.1) is 0 Å². The van der Waals surface area contributed by atoms with Crippen LogP contribution in [0.3, 0.4) is 0 Å². The standard InChI is InChI=1S/C21H17N5O2S/c1-2-11-25-15-10-6-5-9-14(15)16-18(25)22-17(24-23-16)21(29)26-19(27)12-7-3-4-8-13(12)20(26)28/h3-10,21,29H,2,11H2,1H3. The number of carbonyl (C=O) groups is 2. The Morgan fingerprint density at radius 3 is 2.31 bits per heavy atom. The van der Waals surface area contributed by atoms with Gasteiger partial charge in [0.2, 0.25) is 0 Å². The molecule has 2 aromatic heterocycles. The van der Waals surface area contributed by atoms with Crippen molar-refractivity contribution in [1.29, 1.82) is 0 Å². The zero-order valence-electron chi connectivity index (χ0n) is 15.6. The van der Waals surface area contributed by atoms with Crippen LogP contribution in [0.15, 0.2) is 48.5 Å². The number of nitrogens with zero attached hydrogens (tertiary/aromatic N) is 5. The number of para-hydroxylation sites is 1. The van der Waals surface area contributed by atoms with Crippen molar-refractivity contribution in [2.75, 3.05) is 0 Å². The first-order chi connectivity index (χ1) is 14.1. The van der Waals surface area contributed by atoms with Crippen molar-refractivity contribution in [2.24, 2.45) is 0 Å². The number of hydrogen-bond acceptors (Lipinski definition) is 6. The average Bonchev–Trinajstić information content (AvgIpc) is 3.20. The van der Waals surface area contributed by atoms with Crippen LogP contribution in [-0.4, -0.2) is 36.5 Å².